The van der Waals surface area contributed by atoms with Crippen LogP contribution in [0, 0.1) is 0 Å². The van der Waals surface area contributed by atoms with Gasteiger partial charge >= 0.3 is 6.03 Å². The van der Waals surface area contributed by atoms with Crippen LogP contribution in [0.15, 0.2) is 54.9 Å². The van der Waals surface area contributed by atoms with Gasteiger partial charge in [-0.05, 0) is 18.4 Å². The quantitative estimate of drug-likeness (QED) is 0.690. The second-order valence-corrected chi connectivity index (χ2v) is 6.01. The lowest BCUT2D eigenvalue weighted by Gasteiger charge is -2.22. The summed E-state index contributed by atoms with van der Waals surface area (Å²) in [5, 5.41) is 22.1. The molecule has 3 rings (SSSR count). The van der Waals surface area contributed by atoms with Gasteiger partial charge < -0.3 is 15.7 Å². The molecule has 3 aromatic rings. The third-order valence-corrected chi connectivity index (χ3v) is 3.96. The molecule has 0 saturated heterocycles. The number of carbonyl (C=O) groups is 1. The van der Waals surface area contributed by atoms with Crippen LogP contribution in [-0.4, -0.2) is 27.5 Å². The normalized spacial score (nSPS) is 13.5. The van der Waals surface area contributed by atoms with Gasteiger partial charge in [0.2, 0.25) is 0 Å². The van der Waals surface area contributed by atoms with Crippen LogP contribution in [0.3, 0.4) is 0 Å². The molecule has 6 heteroatoms. The average Bonchev–Trinajstić information content (AvgIpc) is 3.01. The molecular formula is C18H20N4O2. The van der Waals surface area contributed by atoms with Crippen LogP contribution in [0.25, 0.3) is 10.8 Å². The van der Waals surface area contributed by atoms with E-state index in [1.165, 1.54) is 0 Å². The van der Waals surface area contributed by atoms with Crippen LogP contribution in [0.2, 0.25) is 0 Å². The number of amides is 2. The first-order chi connectivity index (χ1) is 11.5. The van der Waals surface area contributed by atoms with E-state index in [9.17, 15) is 9.90 Å². The van der Waals surface area contributed by atoms with Crippen LogP contribution in [0.1, 0.15) is 12.5 Å². The molecule has 24 heavy (non-hydrogen) atoms. The number of anilines is 1. The van der Waals surface area contributed by atoms with E-state index in [1.54, 1.807) is 31.0 Å². The highest BCUT2D eigenvalue weighted by atomic mass is 16.3. The summed E-state index contributed by atoms with van der Waals surface area (Å²) in [6.45, 7) is 1.72. The molecule has 0 bridgehead atoms. The van der Waals surface area contributed by atoms with Gasteiger partial charge in [0.25, 0.3) is 0 Å². The molecule has 0 aliphatic carbocycles. The third-order valence-electron chi connectivity index (χ3n) is 3.96. The van der Waals surface area contributed by atoms with Crippen molar-refractivity contribution in [1.29, 1.82) is 0 Å². The molecule has 124 valence electrons. The molecule has 1 heterocycles. The maximum atomic E-state index is 12.2. The predicted molar refractivity (Wildman–Crippen MR) is 93.7 cm³/mol. The van der Waals surface area contributed by atoms with Gasteiger partial charge in [0.05, 0.1) is 18.4 Å². The highest BCUT2D eigenvalue weighted by Crippen LogP contribution is 2.23. The van der Waals surface area contributed by atoms with Crippen molar-refractivity contribution in [2.24, 2.45) is 7.05 Å². The topological polar surface area (TPSA) is 79.2 Å². The Morgan fingerprint density at radius 1 is 1.25 bits per heavy atom. The number of nitrogens with zero attached hydrogens (tertiary/aromatic N) is 2. The molecule has 3 N–H and O–H groups in total. The maximum Gasteiger partial charge on any atom is 0.319 e. The fourth-order valence-electron chi connectivity index (χ4n) is 2.55. The summed E-state index contributed by atoms with van der Waals surface area (Å²) < 4.78 is 1.61. The highest BCUT2D eigenvalue weighted by molar-refractivity contribution is 6.01. The number of carbonyl (C=O) groups excluding carboxylic acids is 1. The van der Waals surface area contributed by atoms with Crippen LogP contribution in [0.5, 0.6) is 0 Å². The molecule has 0 spiro atoms. The maximum absolute atomic E-state index is 12.2. The van der Waals surface area contributed by atoms with Gasteiger partial charge in [-0.15, -0.1) is 0 Å². The summed E-state index contributed by atoms with van der Waals surface area (Å²) in [6, 6.07) is 13.2. The number of aryl methyl sites for hydroxylation is 1. The van der Waals surface area contributed by atoms with Gasteiger partial charge in [-0.3, -0.25) is 4.68 Å². The van der Waals surface area contributed by atoms with Crippen LogP contribution >= 0.6 is 0 Å². The van der Waals surface area contributed by atoms with Crippen LogP contribution in [-0.2, 0) is 12.6 Å². The number of fused-ring (bicyclic) bond motifs is 1. The molecule has 0 aliphatic heterocycles. The summed E-state index contributed by atoms with van der Waals surface area (Å²) in [6.07, 6.45) is 3.31. The van der Waals surface area contributed by atoms with E-state index in [1.807, 2.05) is 42.5 Å². The summed E-state index contributed by atoms with van der Waals surface area (Å²) in [5.74, 6) is 0. The lowest BCUT2D eigenvalue weighted by atomic mass is 10.00. The van der Waals surface area contributed by atoms with Crippen molar-refractivity contribution in [3.8, 4) is 0 Å². The largest absolute Gasteiger partial charge is 0.383 e. The molecule has 1 atom stereocenters. The van der Waals surface area contributed by atoms with Crippen LogP contribution < -0.4 is 10.6 Å². The van der Waals surface area contributed by atoms with E-state index in [0.717, 1.165) is 16.5 Å². The molecule has 0 saturated carbocycles. The van der Waals surface area contributed by atoms with E-state index in [-0.39, 0.29) is 12.6 Å². The number of hydrogen-bond donors (Lipinski definition) is 3. The van der Waals surface area contributed by atoms with Crippen molar-refractivity contribution in [1.82, 2.24) is 15.1 Å². The average molecular weight is 324 g/mol. The van der Waals surface area contributed by atoms with Gasteiger partial charge in [-0.1, -0.05) is 36.4 Å². The van der Waals surface area contributed by atoms with Crippen molar-refractivity contribution in [2.75, 3.05) is 11.9 Å². The number of nitrogens with one attached hydrogen (secondary N) is 2. The first kappa shape index (κ1) is 16.0. The minimum absolute atomic E-state index is 0.0787. The Morgan fingerprint density at radius 2 is 2.00 bits per heavy atom. The third kappa shape index (κ3) is 3.38. The Kier molecular flexibility index (Phi) is 4.22. The molecule has 2 amide bonds. The molecule has 0 radical (unpaired) electrons. The Morgan fingerprint density at radius 3 is 2.75 bits per heavy atom. The summed E-state index contributed by atoms with van der Waals surface area (Å²) >= 11 is 0. The number of urea groups is 1. The Balaban J connectivity index is 1.67. The summed E-state index contributed by atoms with van der Waals surface area (Å²) in [4.78, 5) is 12.2. The minimum atomic E-state index is -1.19. The lowest BCUT2D eigenvalue weighted by molar-refractivity contribution is 0.0599. The monoisotopic (exact) mass is 324 g/mol. The molecular weight excluding hydrogens is 304 g/mol. The summed E-state index contributed by atoms with van der Waals surface area (Å²) in [7, 11) is 1.78. The lowest BCUT2D eigenvalue weighted by Crippen LogP contribution is -2.40. The molecule has 0 aliphatic rings. The van der Waals surface area contributed by atoms with Gasteiger partial charge in [0.15, 0.2) is 0 Å². The van der Waals surface area contributed by atoms with Crippen molar-refractivity contribution in [3.05, 3.63) is 60.4 Å². The van der Waals surface area contributed by atoms with E-state index in [2.05, 4.69) is 15.7 Å². The molecule has 1 aromatic heterocycles. The van der Waals surface area contributed by atoms with Crippen LogP contribution in [0.4, 0.5) is 10.5 Å². The van der Waals surface area contributed by atoms with Gasteiger partial charge in [-0.25, -0.2) is 4.79 Å². The Hall–Kier alpha value is -2.86. The fraction of sp³-hybridized carbons (Fsp3) is 0.222. The van der Waals surface area contributed by atoms with E-state index >= 15 is 0 Å². The predicted octanol–water partition coefficient (Wildman–Crippen LogP) is 2.60. The highest BCUT2D eigenvalue weighted by Gasteiger charge is 2.25. The SMILES string of the molecule is Cn1cc(C(C)(O)CNC(=O)Nc2cccc3ccccc23)cn1. The fourth-order valence-corrected chi connectivity index (χ4v) is 2.55. The van der Waals surface area contributed by atoms with Crippen molar-refractivity contribution >= 4 is 22.5 Å². The standard InChI is InChI=1S/C18H20N4O2/c1-18(24,14-10-20-22(2)11-14)12-19-17(23)21-16-9-5-7-13-6-3-4-8-15(13)16/h3-11,24H,12H2,1-2H3,(H2,19,21,23). The summed E-state index contributed by atoms with van der Waals surface area (Å²) in [5.41, 5.74) is 0.187. The van der Waals surface area contributed by atoms with Gasteiger partial charge in [0, 0.05) is 24.2 Å². The van der Waals surface area contributed by atoms with Gasteiger partial charge in [0.1, 0.15) is 5.60 Å². The molecule has 0 fully saturated rings. The molecule has 1 unspecified atom stereocenters. The van der Waals surface area contributed by atoms with Crippen molar-refractivity contribution < 1.29 is 9.90 Å². The second kappa shape index (κ2) is 6.33. The van der Waals surface area contributed by atoms with Gasteiger partial charge in [-0.2, -0.15) is 5.10 Å². The Bertz CT molecular complexity index is 865. The second-order valence-electron chi connectivity index (χ2n) is 6.01. The van der Waals surface area contributed by atoms with E-state index < -0.39 is 5.60 Å². The number of hydrogen-bond acceptors (Lipinski definition) is 3. The zero-order valence-electron chi connectivity index (χ0n) is 13.7. The molecule has 2 aromatic carbocycles. The zero-order chi connectivity index (χ0) is 17.2. The number of benzene rings is 2. The van der Waals surface area contributed by atoms with Crippen molar-refractivity contribution in [3.63, 3.8) is 0 Å². The number of aliphatic hydroxyl groups is 1. The number of aromatic nitrogens is 2. The molecule has 6 nitrogen and oxygen atoms in total. The minimum Gasteiger partial charge on any atom is -0.383 e. The van der Waals surface area contributed by atoms with Crippen molar-refractivity contribution in [2.45, 2.75) is 12.5 Å². The number of rotatable bonds is 4. The first-order valence-electron chi connectivity index (χ1n) is 7.70. The zero-order valence-corrected chi connectivity index (χ0v) is 13.7. The van der Waals surface area contributed by atoms with E-state index in [0.29, 0.717) is 5.56 Å². The smallest absolute Gasteiger partial charge is 0.319 e. The Labute approximate surface area is 140 Å². The first-order valence-corrected chi connectivity index (χ1v) is 7.70. The van der Waals surface area contributed by atoms with E-state index in [4.69, 9.17) is 0 Å².